The smallest absolute Gasteiger partial charge is 0.164 e. The summed E-state index contributed by atoms with van der Waals surface area (Å²) in [6.07, 6.45) is 1.40. The molecule has 2 N–H and O–H groups in total. The van der Waals surface area contributed by atoms with Gasteiger partial charge >= 0.3 is 0 Å². The first-order chi connectivity index (χ1) is 7.70. The summed E-state index contributed by atoms with van der Waals surface area (Å²) in [5.41, 5.74) is 5.30. The topological polar surface area (TPSA) is 56.7 Å². The summed E-state index contributed by atoms with van der Waals surface area (Å²) in [5.74, 6) is -0.744. The quantitative estimate of drug-likeness (QED) is 0.848. The van der Waals surface area contributed by atoms with Crippen molar-refractivity contribution in [3.8, 4) is 0 Å². The predicted octanol–water partition coefficient (Wildman–Crippen LogP) is 1.06. The van der Waals surface area contributed by atoms with E-state index >= 15 is 0 Å². The van der Waals surface area contributed by atoms with E-state index in [4.69, 9.17) is 5.73 Å². The highest BCUT2D eigenvalue weighted by molar-refractivity contribution is 5.19. The van der Waals surface area contributed by atoms with Crippen molar-refractivity contribution >= 4 is 0 Å². The number of aromatic nitrogens is 3. The molecule has 0 radical (unpaired) electrons. The van der Waals surface area contributed by atoms with Gasteiger partial charge in [0.15, 0.2) is 5.82 Å². The van der Waals surface area contributed by atoms with Gasteiger partial charge in [0, 0.05) is 5.56 Å². The van der Waals surface area contributed by atoms with Crippen LogP contribution in [0.25, 0.3) is 0 Å². The maximum absolute atomic E-state index is 13.3. The molecule has 4 nitrogen and oxygen atoms in total. The minimum Gasteiger partial charge on any atom is -0.324 e. The van der Waals surface area contributed by atoms with Crippen LogP contribution in [-0.4, -0.2) is 14.8 Å². The van der Waals surface area contributed by atoms with Gasteiger partial charge in [-0.15, -0.1) is 0 Å². The predicted molar refractivity (Wildman–Crippen MR) is 53.4 cm³/mol. The van der Waals surface area contributed by atoms with Crippen molar-refractivity contribution in [2.75, 3.05) is 0 Å². The number of rotatable bonds is 3. The molecular formula is C10H10F2N4. The summed E-state index contributed by atoms with van der Waals surface area (Å²) >= 11 is 0. The van der Waals surface area contributed by atoms with E-state index in [1.54, 1.807) is 0 Å². The second-order valence-electron chi connectivity index (χ2n) is 3.26. The van der Waals surface area contributed by atoms with Gasteiger partial charge in [-0.25, -0.2) is 18.4 Å². The van der Waals surface area contributed by atoms with Crippen LogP contribution in [0.4, 0.5) is 8.78 Å². The molecule has 16 heavy (non-hydrogen) atoms. The van der Waals surface area contributed by atoms with E-state index in [1.807, 2.05) is 0 Å². The molecule has 0 aliphatic carbocycles. The molecule has 2 aromatic rings. The van der Waals surface area contributed by atoms with E-state index in [0.717, 1.165) is 0 Å². The Kier molecular flexibility index (Phi) is 2.91. The van der Waals surface area contributed by atoms with E-state index in [2.05, 4.69) is 10.1 Å². The maximum atomic E-state index is 13.3. The van der Waals surface area contributed by atoms with E-state index in [-0.39, 0.29) is 18.7 Å². The Hall–Kier alpha value is -1.82. The van der Waals surface area contributed by atoms with Crippen LogP contribution in [0.2, 0.25) is 0 Å². The number of nitrogens with zero attached hydrogens (tertiary/aromatic N) is 3. The van der Waals surface area contributed by atoms with Gasteiger partial charge < -0.3 is 5.73 Å². The SMILES string of the molecule is NCc1ncn(Cc2c(F)cccc2F)n1. The molecule has 0 fully saturated rings. The second kappa shape index (κ2) is 4.36. The highest BCUT2D eigenvalue weighted by Gasteiger charge is 2.09. The van der Waals surface area contributed by atoms with Gasteiger partial charge in [-0.1, -0.05) is 6.07 Å². The van der Waals surface area contributed by atoms with Gasteiger partial charge in [0.2, 0.25) is 0 Å². The average Bonchev–Trinajstić information content (AvgIpc) is 2.71. The molecule has 0 aliphatic heterocycles. The fourth-order valence-electron chi connectivity index (χ4n) is 1.35. The molecule has 1 aromatic heterocycles. The fourth-order valence-corrected chi connectivity index (χ4v) is 1.35. The lowest BCUT2D eigenvalue weighted by molar-refractivity contribution is 0.531. The van der Waals surface area contributed by atoms with Gasteiger partial charge in [0.25, 0.3) is 0 Å². The Labute approximate surface area is 90.7 Å². The van der Waals surface area contributed by atoms with Crippen molar-refractivity contribution in [1.29, 1.82) is 0 Å². The third-order valence-corrected chi connectivity index (χ3v) is 2.15. The highest BCUT2D eigenvalue weighted by Crippen LogP contribution is 2.12. The minimum absolute atomic E-state index is 0.00546. The van der Waals surface area contributed by atoms with Crippen molar-refractivity contribution in [3.63, 3.8) is 0 Å². The summed E-state index contributed by atoms with van der Waals surface area (Å²) in [4.78, 5) is 3.87. The molecule has 0 aliphatic rings. The third-order valence-electron chi connectivity index (χ3n) is 2.15. The summed E-state index contributed by atoms with van der Waals surface area (Å²) in [5, 5.41) is 3.95. The Morgan fingerprint density at radius 3 is 2.50 bits per heavy atom. The van der Waals surface area contributed by atoms with Crippen molar-refractivity contribution < 1.29 is 8.78 Å². The van der Waals surface area contributed by atoms with Crippen LogP contribution in [0.15, 0.2) is 24.5 Å². The molecule has 2 rings (SSSR count). The van der Waals surface area contributed by atoms with E-state index in [1.165, 1.54) is 29.2 Å². The van der Waals surface area contributed by atoms with Crippen LogP contribution < -0.4 is 5.73 Å². The summed E-state index contributed by atoms with van der Waals surface area (Å²) in [6.45, 7) is 0.207. The van der Waals surface area contributed by atoms with Gasteiger partial charge in [0.1, 0.15) is 18.0 Å². The summed E-state index contributed by atoms with van der Waals surface area (Å²) < 4.78 is 27.9. The van der Waals surface area contributed by atoms with Crippen molar-refractivity contribution in [2.24, 2.45) is 5.73 Å². The van der Waals surface area contributed by atoms with Crippen LogP contribution in [0.1, 0.15) is 11.4 Å². The molecule has 0 bridgehead atoms. The van der Waals surface area contributed by atoms with Crippen LogP contribution >= 0.6 is 0 Å². The van der Waals surface area contributed by atoms with Gasteiger partial charge in [-0.3, -0.25) is 0 Å². The molecule has 0 amide bonds. The number of hydrogen-bond acceptors (Lipinski definition) is 3. The Morgan fingerprint density at radius 1 is 1.25 bits per heavy atom. The van der Waals surface area contributed by atoms with Crippen LogP contribution in [0.5, 0.6) is 0 Å². The Balaban J connectivity index is 2.26. The number of halogens is 2. The molecule has 0 saturated heterocycles. The zero-order chi connectivity index (χ0) is 11.5. The Morgan fingerprint density at radius 2 is 1.94 bits per heavy atom. The minimum atomic E-state index is -0.593. The fraction of sp³-hybridized carbons (Fsp3) is 0.200. The lowest BCUT2D eigenvalue weighted by Crippen LogP contribution is -2.06. The first-order valence-electron chi connectivity index (χ1n) is 4.72. The first-order valence-corrected chi connectivity index (χ1v) is 4.72. The number of hydrogen-bond donors (Lipinski definition) is 1. The third kappa shape index (κ3) is 2.06. The van der Waals surface area contributed by atoms with Crippen molar-refractivity contribution in [3.05, 3.63) is 47.5 Å². The van der Waals surface area contributed by atoms with E-state index < -0.39 is 11.6 Å². The van der Waals surface area contributed by atoms with Crippen LogP contribution in [-0.2, 0) is 13.1 Å². The summed E-state index contributed by atoms with van der Waals surface area (Å²) in [6, 6.07) is 3.74. The van der Waals surface area contributed by atoms with Crippen LogP contribution in [0, 0.1) is 11.6 Å². The largest absolute Gasteiger partial charge is 0.324 e. The van der Waals surface area contributed by atoms with E-state index in [0.29, 0.717) is 5.82 Å². The monoisotopic (exact) mass is 224 g/mol. The maximum Gasteiger partial charge on any atom is 0.164 e. The molecule has 84 valence electrons. The molecule has 0 saturated carbocycles. The standard InChI is InChI=1S/C10H10F2N4/c11-8-2-1-3-9(12)7(8)5-16-6-14-10(4-13)15-16/h1-3,6H,4-5,13H2. The lowest BCUT2D eigenvalue weighted by atomic mass is 10.2. The first kappa shape index (κ1) is 10.7. The van der Waals surface area contributed by atoms with Gasteiger partial charge in [-0.05, 0) is 12.1 Å². The van der Waals surface area contributed by atoms with Gasteiger partial charge in [-0.2, -0.15) is 5.10 Å². The summed E-state index contributed by atoms with van der Waals surface area (Å²) in [7, 11) is 0. The van der Waals surface area contributed by atoms with Crippen LogP contribution in [0.3, 0.4) is 0 Å². The highest BCUT2D eigenvalue weighted by atomic mass is 19.1. The second-order valence-corrected chi connectivity index (χ2v) is 3.26. The van der Waals surface area contributed by atoms with Gasteiger partial charge in [0.05, 0.1) is 13.1 Å². The molecule has 0 spiro atoms. The Bertz CT molecular complexity index is 475. The van der Waals surface area contributed by atoms with Crippen molar-refractivity contribution in [1.82, 2.24) is 14.8 Å². The molecule has 1 heterocycles. The molecule has 0 unspecified atom stereocenters. The number of benzene rings is 1. The van der Waals surface area contributed by atoms with E-state index in [9.17, 15) is 8.78 Å². The number of nitrogens with two attached hydrogens (primary N) is 1. The average molecular weight is 224 g/mol. The molecule has 6 heteroatoms. The lowest BCUT2D eigenvalue weighted by Gasteiger charge is -2.03. The van der Waals surface area contributed by atoms with Crippen molar-refractivity contribution in [2.45, 2.75) is 13.1 Å². The zero-order valence-electron chi connectivity index (χ0n) is 8.40. The normalized spacial score (nSPS) is 10.7. The molecule has 0 atom stereocenters. The molecule has 1 aromatic carbocycles. The zero-order valence-corrected chi connectivity index (χ0v) is 8.40. The molecular weight excluding hydrogens is 214 g/mol.